The average molecular weight is 816 g/mol. The highest BCUT2D eigenvalue weighted by Gasteiger charge is 2.45. The molecule has 4 heterocycles. The molecule has 3 amide bonds. The van der Waals surface area contributed by atoms with Crippen molar-refractivity contribution in [1.29, 1.82) is 0 Å². The van der Waals surface area contributed by atoms with E-state index in [1.807, 2.05) is 6.92 Å². The number of primary amides is 1. The Kier molecular flexibility index (Phi) is 15.8. The van der Waals surface area contributed by atoms with E-state index < -0.39 is 41.4 Å². The lowest BCUT2D eigenvalue weighted by molar-refractivity contribution is -0.172. The van der Waals surface area contributed by atoms with Crippen LogP contribution in [0.1, 0.15) is 153 Å². The fourth-order valence-electron chi connectivity index (χ4n) is 8.17. The number of carbonyl (C=O) groups is 5. The van der Waals surface area contributed by atoms with Crippen LogP contribution in [-0.4, -0.2) is 56.4 Å². The van der Waals surface area contributed by atoms with E-state index in [1.54, 1.807) is 42.7 Å². The molecule has 0 radical (unpaired) electrons. The molecule has 5 N–H and O–H groups in total. The molecule has 2 aliphatic heterocycles. The SMILES string of the molecule is CCCCCCCCCCCCCC(=O)N[C@H](CC(N)=O)C(=O)N[C@@H](C)CCC(=O)Oc1ccc2nc3c(c(CC)c2c1)Cn1c-3cc2c(c1=O)COC(=O)[C@]2(O)CC. The lowest BCUT2D eigenvalue weighted by Crippen LogP contribution is -2.50. The van der Waals surface area contributed by atoms with Crippen molar-refractivity contribution in [2.45, 2.75) is 168 Å². The number of ether oxygens (including phenoxy) is 2. The predicted molar refractivity (Wildman–Crippen MR) is 223 cm³/mol. The molecule has 1 aromatic carbocycles. The molecular weight excluding hydrogens is 755 g/mol. The minimum absolute atomic E-state index is 0.0204. The van der Waals surface area contributed by atoms with Crippen LogP contribution >= 0.6 is 0 Å². The number of benzene rings is 1. The Labute approximate surface area is 346 Å². The number of nitrogens with one attached hydrogen (secondary N) is 2. The molecule has 0 unspecified atom stereocenters. The highest BCUT2D eigenvalue weighted by Crippen LogP contribution is 2.40. The number of cyclic esters (lactones) is 1. The smallest absolute Gasteiger partial charge is 0.343 e. The van der Waals surface area contributed by atoms with E-state index in [-0.39, 0.29) is 67.8 Å². The summed E-state index contributed by atoms with van der Waals surface area (Å²) in [6.45, 7) is 7.62. The second kappa shape index (κ2) is 20.7. The Bertz CT molecular complexity index is 2100. The number of hydrogen-bond acceptors (Lipinski definition) is 10. The van der Waals surface area contributed by atoms with Crippen molar-refractivity contribution >= 4 is 40.6 Å². The van der Waals surface area contributed by atoms with Gasteiger partial charge in [0.15, 0.2) is 5.60 Å². The normalized spacial score (nSPS) is 16.4. The van der Waals surface area contributed by atoms with Crippen molar-refractivity contribution in [3.8, 4) is 17.1 Å². The lowest BCUT2D eigenvalue weighted by Gasteiger charge is -2.31. The van der Waals surface area contributed by atoms with Crippen LogP contribution in [0, 0.1) is 0 Å². The first-order valence-corrected chi connectivity index (χ1v) is 21.5. The maximum Gasteiger partial charge on any atom is 0.343 e. The molecule has 320 valence electrons. The molecule has 3 aromatic rings. The highest BCUT2D eigenvalue weighted by atomic mass is 16.6. The maximum atomic E-state index is 13.7. The number of aliphatic hydroxyl groups is 1. The van der Waals surface area contributed by atoms with E-state index in [2.05, 4.69) is 17.6 Å². The maximum absolute atomic E-state index is 13.7. The van der Waals surface area contributed by atoms with Crippen LogP contribution in [0.25, 0.3) is 22.3 Å². The Morgan fingerprint density at radius 3 is 2.25 bits per heavy atom. The van der Waals surface area contributed by atoms with Gasteiger partial charge in [0.25, 0.3) is 5.56 Å². The molecule has 5 rings (SSSR count). The van der Waals surface area contributed by atoms with Crippen LogP contribution in [0.2, 0.25) is 0 Å². The molecule has 0 saturated carbocycles. The summed E-state index contributed by atoms with van der Waals surface area (Å²) in [6, 6.07) is 5.22. The number of fused-ring (bicyclic) bond motifs is 5. The number of amides is 3. The fraction of sp³-hybridized carbons (Fsp3) is 0.578. The van der Waals surface area contributed by atoms with Crippen LogP contribution < -0.4 is 26.7 Å². The van der Waals surface area contributed by atoms with Gasteiger partial charge >= 0.3 is 11.9 Å². The third-order valence-electron chi connectivity index (χ3n) is 11.6. The zero-order valence-electron chi connectivity index (χ0n) is 35.1. The number of aromatic nitrogens is 2. The van der Waals surface area contributed by atoms with Gasteiger partial charge in [0.05, 0.1) is 35.4 Å². The molecule has 0 spiro atoms. The summed E-state index contributed by atoms with van der Waals surface area (Å²) in [5.41, 5.74) is 7.12. The van der Waals surface area contributed by atoms with Crippen molar-refractivity contribution in [1.82, 2.24) is 20.2 Å². The Morgan fingerprint density at radius 2 is 1.61 bits per heavy atom. The second-order valence-corrected chi connectivity index (χ2v) is 16.1. The van der Waals surface area contributed by atoms with E-state index in [0.717, 1.165) is 35.8 Å². The molecule has 0 saturated heterocycles. The van der Waals surface area contributed by atoms with E-state index >= 15 is 0 Å². The van der Waals surface area contributed by atoms with Gasteiger partial charge in [-0.3, -0.25) is 24.0 Å². The van der Waals surface area contributed by atoms with E-state index in [1.165, 1.54) is 44.9 Å². The molecule has 14 heteroatoms. The van der Waals surface area contributed by atoms with Gasteiger partial charge in [-0.15, -0.1) is 0 Å². The van der Waals surface area contributed by atoms with Gasteiger partial charge in [-0.2, -0.15) is 0 Å². The Balaban J connectivity index is 1.13. The summed E-state index contributed by atoms with van der Waals surface area (Å²) in [6.07, 6.45) is 13.5. The van der Waals surface area contributed by atoms with Crippen LogP contribution in [0.3, 0.4) is 0 Å². The first-order valence-electron chi connectivity index (χ1n) is 21.5. The summed E-state index contributed by atoms with van der Waals surface area (Å²) in [5.74, 6) is -2.56. The number of nitrogens with zero attached hydrogens (tertiary/aromatic N) is 2. The minimum atomic E-state index is -1.92. The van der Waals surface area contributed by atoms with Gasteiger partial charge in [-0.05, 0) is 62.4 Å². The zero-order chi connectivity index (χ0) is 42.7. The molecule has 2 aliphatic rings. The third-order valence-corrected chi connectivity index (χ3v) is 11.6. The van der Waals surface area contributed by atoms with Crippen molar-refractivity contribution in [3.05, 3.63) is 56.9 Å². The van der Waals surface area contributed by atoms with Gasteiger partial charge in [0.2, 0.25) is 17.7 Å². The molecule has 2 aromatic heterocycles. The first kappa shape index (κ1) is 45.0. The molecule has 0 fully saturated rings. The van der Waals surface area contributed by atoms with Gasteiger partial charge in [-0.1, -0.05) is 85.0 Å². The monoisotopic (exact) mass is 815 g/mol. The van der Waals surface area contributed by atoms with Gasteiger partial charge in [-0.25, -0.2) is 9.78 Å². The number of carbonyl (C=O) groups excluding carboxylic acids is 5. The average Bonchev–Trinajstić information content (AvgIpc) is 3.57. The van der Waals surface area contributed by atoms with Crippen LogP contribution in [0.5, 0.6) is 5.75 Å². The van der Waals surface area contributed by atoms with Crippen LogP contribution in [0.4, 0.5) is 0 Å². The standard InChI is InChI=1S/C45H61N5O9/c1-5-8-9-10-11-12-13-14-15-16-17-18-39(52)48-36(25-38(46)51)42(54)47-28(4)19-22-40(53)59-29-20-21-35-31(23-29)30(6-2)32-26-50-37(41(32)49-35)24-34-33(43(50)55)27-58-44(56)45(34,57)7-3/h20-21,23-24,28,36,57H,5-19,22,25-27H2,1-4H3,(H2,46,51)(H,47,54)(H,48,52)/t28-,36+,45-/m0/s1. The molecular formula is C45H61N5O9. The number of esters is 2. The van der Waals surface area contributed by atoms with Gasteiger partial charge < -0.3 is 35.5 Å². The first-order chi connectivity index (χ1) is 28.3. The molecule has 0 bridgehead atoms. The van der Waals surface area contributed by atoms with E-state index in [9.17, 15) is 33.9 Å². The van der Waals surface area contributed by atoms with Crippen LogP contribution in [0.15, 0.2) is 29.1 Å². The van der Waals surface area contributed by atoms with Gasteiger partial charge in [0.1, 0.15) is 18.4 Å². The number of pyridine rings is 2. The molecule has 0 aliphatic carbocycles. The third kappa shape index (κ3) is 10.9. The largest absolute Gasteiger partial charge is 0.458 e. The van der Waals surface area contributed by atoms with Crippen molar-refractivity contribution in [2.24, 2.45) is 5.73 Å². The molecule has 14 nitrogen and oxygen atoms in total. The van der Waals surface area contributed by atoms with Crippen molar-refractivity contribution in [2.75, 3.05) is 0 Å². The fourth-order valence-corrected chi connectivity index (χ4v) is 8.17. The number of rotatable bonds is 23. The summed E-state index contributed by atoms with van der Waals surface area (Å²) in [7, 11) is 0. The van der Waals surface area contributed by atoms with Crippen molar-refractivity contribution in [3.63, 3.8) is 0 Å². The second-order valence-electron chi connectivity index (χ2n) is 16.1. The van der Waals surface area contributed by atoms with Gasteiger partial charge in [0, 0.05) is 35.4 Å². The number of hydrogen-bond donors (Lipinski definition) is 4. The number of unbranched alkanes of at least 4 members (excludes halogenated alkanes) is 10. The van der Waals surface area contributed by atoms with E-state index in [0.29, 0.717) is 35.5 Å². The quantitative estimate of drug-likeness (QED) is 0.0396. The van der Waals surface area contributed by atoms with Crippen LogP contribution in [-0.2, 0) is 53.9 Å². The Morgan fingerprint density at radius 1 is 0.932 bits per heavy atom. The summed E-state index contributed by atoms with van der Waals surface area (Å²) >= 11 is 0. The number of nitrogens with two attached hydrogens (primary N) is 1. The number of aryl methyl sites for hydroxylation is 1. The predicted octanol–water partition coefficient (Wildman–Crippen LogP) is 5.89. The van der Waals surface area contributed by atoms with Crippen molar-refractivity contribution < 1.29 is 38.6 Å². The zero-order valence-corrected chi connectivity index (χ0v) is 35.1. The lowest BCUT2D eigenvalue weighted by atomic mass is 9.86. The summed E-state index contributed by atoms with van der Waals surface area (Å²) < 4.78 is 12.5. The molecule has 59 heavy (non-hydrogen) atoms. The summed E-state index contributed by atoms with van der Waals surface area (Å²) in [5, 5.41) is 17.4. The molecule has 3 atom stereocenters. The highest BCUT2D eigenvalue weighted by molar-refractivity contribution is 5.92. The van der Waals surface area contributed by atoms with E-state index in [4.69, 9.17) is 20.2 Å². The topological polar surface area (TPSA) is 209 Å². The minimum Gasteiger partial charge on any atom is -0.458 e. The Hall–Kier alpha value is -5.11. The summed E-state index contributed by atoms with van der Waals surface area (Å²) in [4.78, 5) is 81.6.